The normalized spacial score (nSPS) is 13.8. The van der Waals surface area contributed by atoms with Crippen molar-refractivity contribution in [3.63, 3.8) is 0 Å². The molecule has 0 aliphatic heterocycles. The van der Waals surface area contributed by atoms with E-state index in [1.54, 1.807) is 18.0 Å². The summed E-state index contributed by atoms with van der Waals surface area (Å²) in [7, 11) is 0. The van der Waals surface area contributed by atoms with Crippen molar-refractivity contribution in [1.29, 1.82) is 0 Å². The SMILES string of the molecule is C/C=C(/OC(C)C)S/C(C)=C\N. The molecule has 0 saturated carbocycles. The first-order valence-electron chi connectivity index (χ1n) is 3.99. The van der Waals surface area contributed by atoms with Crippen LogP contribution in [0.3, 0.4) is 0 Å². The van der Waals surface area contributed by atoms with Crippen LogP contribution in [0, 0.1) is 0 Å². The van der Waals surface area contributed by atoms with Gasteiger partial charge in [-0.1, -0.05) is 11.8 Å². The second kappa shape index (κ2) is 6.00. The van der Waals surface area contributed by atoms with Crippen molar-refractivity contribution in [2.24, 2.45) is 5.73 Å². The molecule has 0 rings (SSSR count). The molecule has 0 radical (unpaired) electrons. The molecule has 0 saturated heterocycles. The van der Waals surface area contributed by atoms with Crippen molar-refractivity contribution < 1.29 is 4.74 Å². The van der Waals surface area contributed by atoms with Gasteiger partial charge in [0.25, 0.3) is 0 Å². The molecule has 3 heteroatoms. The maximum atomic E-state index is 5.50. The van der Waals surface area contributed by atoms with Crippen molar-refractivity contribution in [2.75, 3.05) is 0 Å². The fourth-order valence-electron chi connectivity index (χ4n) is 0.576. The van der Waals surface area contributed by atoms with E-state index in [0.717, 1.165) is 10.00 Å². The highest BCUT2D eigenvalue weighted by Crippen LogP contribution is 2.25. The van der Waals surface area contributed by atoms with Gasteiger partial charge in [-0.05, 0) is 33.8 Å². The molecule has 2 nitrogen and oxygen atoms in total. The summed E-state index contributed by atoms with van der Waals surface area (Å²) in [6, 6.07) is 0. The van der Waals surface area contributed by atoms with E-state index in [1.807, 2.05) is 33.8 Å². The van der Waals surface area contributed by atoms with E-state index in [1.165, 1.54) is 0 Å². The molecule has 0 fully saturated rings. The third-order valence-electron chi connectivity index (χ3n) is 1.08. The molecule has 0 unspecified atom stereocenters. The molecule has 0 aromatic carbocycles. The molecule has 0 atom stereocenters. The number of nitrogens with two attached hydrogens (primary N) is 1. The Morgan fingerprint density at radius 1 is 1.50 bits per heavy atom. The predicted octanol–water partition coefficient (Wildman–Crippen LogP) is 2.83. The fraction of sp³-hybridized carbons (Fsp3) is 0.556. The van der Waals surface area contributed by atoms with Gasteiger partial charge in [-0.2, -0.15) is 0 Å². The lowest BCUT2D eigenvalue weighted by Gasteiger charge is -2.12. The molecule has 0 amide bonds. The van der Waals surface area contributed by atoms with Crippen LogP contribution in [0.1, 0.15) is 27.7 Å². The molecule has 2 N–H and O–H groups in total. The monoisotopic (exact) mass is 187 g/mol. The number of rotatable bonds is 4. The van der Waals surface area contributed by atoms with E-state index >= 15 is 0 Å². The van der Waals surface area contributed by atoms with Gasteiger partial charge in [0.1, 0.15) is 0 Å². The number of hydrogen-bond donors (Lipinski definition) is 1. The summed E-state index contributed by atoms with van der Waals surface area (Å²) < 4.78 is 5.50. The van der Waals surface area contributed by atoms with Gasteiger partial charge < -0.3 is 10.5 Å². The van der Waals surface area contributed by atoms with Gasteiger partial charge >= 0.3 is 0 Å². The van der Waals surface area contributed by atoms with Gasteiger partial charge in [0.05, 0.1) is 6.10 Å². The summed E-state index contributed by atoms with van der Waals surface area (Å²) in [6.45, 7) is 7.92. The van der Waals surface area contributed by atoms with E-state index in [4.69, 9.17) is 10.5 Å². The zero-order valence-corrected chi connectivity index (χ0v) is 8.94. The lowest BCUT2D eigenvalue weighted by Crippen LogP contribution is -2.00. The summed E-state index contributed by atoms with van der Waals surface area (Å²) >= 11 is 1.55. The molecule has 0 heterocycles. The topological polar surface area (TPSA) is 35.2 Å². The summed E-state index contributed by atoms with van der Waals surface area (Å²) in [4.78, 5) is 1.05. The minimum atomic E-state index is 0.217. The molecule has 12 heavy (non-hydrogen) atoms. The van der Waals surface area contributed by atoms with Gasteiger partial charge in [-0.15, -0.1) is 0 Å². The standard InChI is InChI=1S/C9H17NOS/c1-5-9(11-7(2)3)12-8(4)6-10/h5-7H,10H2,1-4H3/b8-6-,9-5-. The average molecular weight is 187 g/mol. The van der Waals surface area contributed by atoms with Crippen molar-refractivity contribution in [3.05, 3.63) is 22.3 Å². The molecule has 0 aliphatic rings. The molecule has 0 spiro atoms. The minimum Gasteiger partial charge on any atom is -0.485 e. The van der Waals surface area contributed by atoms with Crippen LogP contribution in [0.2, 0.25) is 0 Å². The van der Waals surface area contributed by atoms with E-state index in [-0.39, 0.29) is 6.10 Å². The first-order valence-corrected chi connectivity index (χ1v) is 4.81. The lowest BCUT2D eigenvalue weighted by molar-refractivity contribution is 0.170. The van der Waals surface area contributed by atoms with Crippen LogP contribution in [0.5, 0.6) is 0 Å². The zero-order chi connectivity index (χ0) is 9.56. The Morgan fingerprint density at radius 2 is 2.08 bits per heavy atom. The molecule has 0 aromatic rings. The second-order valence-electron chi connectivity index (χ2n) is 2.65. The Labute approximate surface area is 78.9 Å². The Hall–Kier alpha value is -0.570. The van der Waals surface area contributed by atoms with Crippen LogP contribution in [0.15, 0.2) is 22.3 Å². The highest BCUT2D eigenvalue weighted by molar-refractivity contribution is 8.06. The quantitative estimate of drug-likeness (QED) is 0.687. The third-order valence-corrected chi connectivity index (χ3v) is 2.08. The highest BCUT2D eigenvalue weighted by atomic mass is 32.2. The summed E-state index contributed by atoms with van der Waals surface area (Å²) in [5, 5.41) is 0.907. The van der Waals surface area contributed by atoms with Crippen LogP contribution >= 0.6 is 11.8 Å². The Morgan fingerprint density at radius 3 is 2.42 bits per heavy atom. The molecular formula is C9H17NOS. The van der Waals surface area contributed by atoms with Crippen molar-refractivity contribution in [3.8, 4) is 0 Å². The molecule has 0 aromatic heterocycles. The Balaban J connectivity index is 4.03. The third kappa shape index (κ3) is 5.13. The molecule has 70 valence electrons. The van der Waals surface area contributed by atoms with Crippen molar-refractivity contribution in [2.45, 2.75) is 33.8 Å². The number of allylic oxidation sites excluding steroid dienone is 2. The second-order valence-corrected chi connectivity index (χ2v) is 3.90. The summed E-state index contributed by atoms with van der Waals surface area (Å²) in [5.41, 5.74) is 5.34. The largest absolute Gasteiger partial charge is 0.485 e. The van der Waals surface area contributed by atoms with Crippen LogP contribution in [-0.2, 0) is 4.74 Å². The fourth-order valence-corrected chi connectivity index (χ4v) is 1.32. The maximum absolute atomic E-state index is 5.50. The van der Waals surface area contributed by atoms with E-state index in [2.05, 4.69) is 0 Å². The van der Waals surface area contributed by atoms with E-state index in [0.29, 0.717) is 0 Å². The van der Waals surface area contributed by atoms with Crippen LogP contribution in [0.25, 0.3) is 0 Å². The van der Waals surface area contributed by atoms with Crippen molar-refractivity contribution >= 4 is 11.8 Å². The number of ether oxygens (including phenoxy) is 1. The van der Waals surface area contributed by atoms with Crippen molar-refractivity contribution in [1.82, 2.24) is 0 Å². The van der Waals surface area contributed by atoms with Gasteiger partial charge in [0.2, 0.25) is 0 Å². The minimum absolute atomic E-state index is 0.217. The maximum Gasteiger partial charge on any atom is 0.153 e. The smallest absolute Gasteiger partial charge is 0.153 e. The van der Waals surface area contributed by atoms with E-state index in [9.17, 15) is 0 Å². The van der Waals surface area contributed by atoms with Crippen LogP contribution in [0.4, 0.5) is 0 Å². The molecule has 0 bridgehead atoms. The van der Waals surface area contributed by atoms with Gasteiger partial charge in [-0.25, -0.2) is 0 Å². The van der Waals surface area contributed by atoms with Crippen LogP contribution in [-0.4, -0.2) is 6.10 Å². The summed E-state index contributed by atoms with van der Waals surface area (Å²) in [5.74, 6) is 0. The number of hydrogen-bond acceptors (Lipinski definition) is 3. The van der Waals surface area contributed by atoms with E-state index < -0.39 is 0 Å². The van der Waals surface area contributed by atoms with Gasteiger partial charge in [-0.3, -0.25) is 0 Å². The summed E-state index contributed by atoms with van der Waals surface area (Å²) in [6.07, 6.45) is 3.74. The predicted molar refractivity (Wildman–Crippen MR) is 55.5 cm³/mol. The van der Waals surface area contributed by atoms with Gasteiger partial charge in [0, 0.05) is 11.1 Å². The Bertz CT molecular complexity index is 185. The number of thioether (sulfide) groups is 1. The molecular weight excluding hydrogens is 170 g/mol. The average Bonchev–Trinajstić information content (AvgIpc) is 2.02. The highest BCUT2D eigenvalue weighted by Gasteiger charge is 2.01. The first-order chi connectivity index (χ1) is 5.60. The first kappa shape index (κ1) is 11.4. The zero-order valence-electron chi connectivity index (χ0n) is 8.13. The van der Waals surface area contributed by atoms with Gasteiger partial charge in [0.15, 0.2) is 5.09 Å². The molecule has 0 aliphatic carbocycles. The lowest BCUT2D eigenvalue weighted by atomic mass is 10.5. The van der Waals surface area contributed by atoms with Crippen LogP contribution < -0.4 is 5.73 Å². The Kier molecular flexibility index (Phi) is 5.72.